The first kappa shape index (κ1) is 15.8. The van der Waals surface area contributed by atoms with E-state index in [1.54, 1.807) is 22.8 Å². The number of amides is 1. The van der Waals surface area contributed by atoms with Crippen molar-refractivity contribution in [1.82, 2.24) is 14.5 Å². The van der Waals surface area contributed by atoms with Gasteiger partial charge in [-0.05, 0) is 32.3 Å². The van der Waals surface area contributed by atoms with E-state index in [9.17, 15) is 9.90 Å². The second-order valence-corrected chi connectivity index (χ2v) is 5.56. The van der Waals surface area contributed by atoms with Crippen molar-refractivity contribution in [2.24, 2.45) is 10.2 Å². The van der Waals surface area contributed by atoms with E-state index < -0.39 is 5.91 Å². The van der Waals surface area contributed by atoms with Crippen LogP contribution in [0.1, 0.15) is 10.5 Å². The summed E-state index contributed by atoms with van der Waals surface area (Å²) in [4.78, 5) is 17.9. The first-order valence-electron chi connectivity index (χ1n) is 7.40. The highest BCUT2D eigenvalue weighted by Gasteiger charge is 2.17. The monoisotopic (exact) mass is 323 g/mol. The van der Waals surface area contributed by atoms with Crippen molar-refractivity contribution < 1.29 is 9.90 Å². The number of aromatic nitrogens is 2. The highest BCUT2D eigenvalue weighted by atomic mass is 16.3. The van der Waals surface area contributed by atoms with E-state index in [-0.39, 0.29) is 17.3 Å². The summed E-state index contributed by atoms with van der Waals surface area (Å²) >= 11 is 0. The molecule has 1 amide bonds. The molecule has 7 heteroatoms. The Labute approximate surface area is 138 Å². The Morgan fingerprint density at radius 3 is 2.67 bits per heavy atom. The topological polar surface area (TPSA) is 83.1 Å². The fourth-order valence-electron chi connectivity index (χ4n) is 2.43. The lowest BCUT2D eigenvalue weighted by atomic mass is 10.2. The number of hydrogen-bond donors (Lipinski definition) is 1. The molecule has 1 aromatic carbocycles. The van der Waals surface area contributed by atoms with Crippen LogP contribution in [0, 0.1) is 0 Å². The van der Waals surface area contributed by atoms with E-state index in [4.69, 9.17) is 0 Å². The van der Waals surface area contributed by atoms with E-state index in [2.05, 4.69) is 15.2 Å². The van der Waals surface area contributed by atoms with Crippen LogP contribution in [-0.4, -0.2) is 39.6 Å². The van der Waals surface area contributed by atoms with Crippen LogP contribution in [-0.2, 0) is 6.67 Å². The number of aromatic hydroxyl groups is 1. The number of fused-ring (bicyclic) bond motifs is 1. The normalized spacial score (nSPS) is 11.6. The van der Waals surface area contributed by atoms with Crippen LogP contribution in [0.5, 0.6) is 5.88 Å². The second-order valence-electron chi connectivity index (χ2n) is 5.56. The number of hydrogen-bond acceptors (Lipinski definition) is 5. The molecule has 0 radical (unpaired) electrons. The Morgan fingerprint density at radius 2 is 1.96 bits per heavy atom. The van der Waals surface area contributed by atoms with E-state index in [0.29, 0.717) is 6.67 Å². The lowest BCUT2D eigenvalue weighted by Gasteiger charge is -2.12. The predicted octanol–water partition coefficient (Wildman–Crippen LogP) is 3.19. The maximum Gasteiger partial charge on any atom is 0.313 e. The van der Waals surface area contributed by atoms with Gasteiger partial charge in [-0.3, -0.25) is 19.2 Å². The van der Waals surface area contributed by atoms with Gasteiger partial charge >= 0.3 is 5.91 Å². The molecule has 2 aromatic heterocycles. The van der Waals surface area contributed by atoms with Gasteiger partial charge in [-0.1, -0.05) is 24.3 Å². The summed E-state index contributed by atoms with van der Waals surface area (Å²) in [6.07, 6.45) is 1.52. The summed E-state index contributed by atoms with van der Waals surface area (Å²) < 4.78 is 1.72. The Hall–Kier alpha value is -3.06. The summed E-state index contributed by atoms with van der Waals surface area (Å²) in [6.45, 7) is 0.482. The average Bonchev–Trinajstić information content (AvgIpc) is 2.85. The summed E-state index contributed by atoms with van der Waals surface area (Å²) in [5.74, 6) is -0.582. The molecule has 0 fully saturated rings. The molecule has 3 rings (SSSR count). The van der Waals surface area contributed by atoms with Crippen molar-refractivity contribution >= 4 is 22.5 Å². The highest BCUT2D eigenvalue weighted by Crippen LogP contribution is 2.38. The minimum absolute atomic E-state index is 0.0255. The Morgan fingerprint density at radius 1 is 1.21 bits per heavy atom. The SMILES string of the molecule is CN(C)Cn1c(O)c(N=NC(=O)c2ccccn2)c2ccccc21. The molecular formula is C17H17N5O2. The summed E-state index contributed by atoms with van der Waals surface area (Å²) in [7, 11) is 3.81. The zero-order chi connectivity index (χ0) is 17.1. The van der Waals surface area contributed by atoms with Gasteiger partial charge < -0.3 is 5.11 Å². The number of carbonyl (C=O) groups is 1. The van der Waals surface area contributed by atoms with Crippen LogP contribution >= 0.6 is 0 Å². The average molecular weight is 323 g/mol. The quantitative estimate of drug-likeness (QED) is 0.747. The van der Waals surface area contributed by atoms with Crippen molar-refractivity contribution in [2.45, 2.75) is 6.67 Å². The van der Waals surface area contributed by atoms with Gasteiger partial charge in [-0.2, -0.15) is 0 Å². The maximum absolute atomic E-state index is 12.0. The first-order chi connectivity index (χ1) is 11.6. The number of rotatable bonds is 4. The molecule has 0 aliphatic carbocycles. The summed E-state index contributed by atoms with van der Waals surface area (Å²) in [5.41, 5.74) is 1.30. The largest absolute Gasteiger partial charge is 0.493 e. The van der Waals surface area contributed by atoms with Gasteiger partial charge in [0.05, 0.1) is 12.2 Å². The van der Waals surface area contributed by atoms with Gasteiger partial charge in [0, 0.05) is 11.6 Å². The predicted molar refractivity (Wildman–Crippen MR) is 90.4 cm³/mol. The molecule has 0 bridgehead atoms. The molecule has 0 spiro atoms. The van der Waals surface area contributed by atoms with Crippen molar-refractivity contribution in [3.05, 3.63) is 54.4 Å². The van der Waals surface area contributed by atoms with Gasteiger partial charge in [-0.15, -0.1) is 10.2 Å². The van der Waals surface area contributed by atoms with Gasteiger partial charge in [-0.25, -0.2) is 0 Å². The van der Waals surface area contributed by atoms with Crippen molar-refractivity contribution in [1.29, 1.82) is 0 Å². The van der Waals surface area contributed by atoms with Gasteiger partial charge in [0.15, 0.2) is 5.69 Å². The third kappa shape index (κ3) is 3.02. The fraction of sp³-hybridized carbons (Fsp3) is 0.176. The molecule has 0 aliphatic rings. The standard InChI is InChI=1S/C17H17N5O2/c1-21(2)11-22-14-9-4-3-7-12(14)15(17(22)24)19-20-16(23)13-8-5-6-10-18-13/h3-10,24H,11H2,1-2H3. The lowest BCUT2D eigenvalue weighted by Crippen LogP contribution is -2.16. The zero-order valence-electron chi connectivity index (χ0n) is 13.4. The van der Waals surface area contributed by atoms with E-state index in [1.807, 2.05) is 43.3 Å². The first-order valence-corrected chi connectivity index (χ1v) is 7.40. The molecule has 7 nitrogen and oxygen atoms in total. The number of nitrogens with zero attached hydrogens (tertiary/aromatic N) is 5. The van der Waals surface area contributed by atoms with E-state index in [0.717, 1.165) is 10.9 Å². The molecular weight excluding hydrogens is 306 g/mol. The van der Waals surface area contributed by atoms with E-state index in [1.165, 1.54) is 6.20 Å². The van der Waals surface area contributed by atoms with Crippen molar-refractivity contribution in [3.8, 4) is 5.88 Å². The molecule has 2 heterocycles. The summed E-state index contributed by atoms with van der Waals surface area (Å²) in [5, 5.41) is 18.9. The third-order valence-corrected chi connectivity index (χ3v) is 3.47. The number of para-hydroxylation sites is 1. The molecule has 1 N–H and O–H groups in total. The third-order valence-electron chi connectivity index (χ3n) is 3.47. The molecule has 3 aromatic rings. The molecule has 0 aliphatic heterocycles. The second kappa shape index (κ2) is 6.59. The van der Waals surface area contributed by atoms with Crippen LogP contribution in [0.4, 0.5) is 5.69 Å². The number of pyridine rings is 1. The fourth-order valence-corrected chi connectivity index (χ4v) is 2.43. The minimum atomic E-state index is -0.556. The van der Waals surface area contributed by atoms with Crippen LogP contribution < -0.4 is 0 Å². The molecule has 0 saturated heterocycles. The molecule has 0 atom stereocenters. The number of carbonyl (C=O) groups excluding carboxylic acids is 1. The van der Waals surface area contributed by atoms with Crippen LogP contribution in [0.15, 0.2) is 58.9 Å². The Bertz CT molecular complexity index is 900. The molecule has 122 valence electrons. The smallest absolute Gasteiger partial charge is 0.313 e. The molecule has 24 heavy (non-hydrogen) atoms. The van der Waals surface area contributed by atoms with Crippen molar-refractivity contribution in [2.75, 3.05) is 14.1 Å². The van der Waals surface area contributed by atoms with E-state index >= 15 is 0 Å². The lowest BCUT2D eigenvalue weighted by molar-refractivity contribution is 0.0990. The maximum atomic E-state index is 12.0. The number of azo groups is 1. The van der Waals surface area contributed by atoms with Crippen LogP contribution in [0.3, 0.4) is 0 Å². The highest BCUT2D eigenvalue weighted by molar-refractivity contribution is 5.96. The minimum Gasteiger partial charge on any atom is -0.493 e. The van der Waals surface area contributed by atoms with Crippen molar-refractivity contribution in [3.63, 3.8) is 0 Å². The van der Waals surface area contributed by atoms with Crippen LogP contribution in [0.25, 0.3) is 10.9 Å². The summed E-state index contributed by atoms with van der Waals surface area (Å²) in [6, 6.07) is 12.4. The van der Waals surface area contributed by atoms with Gasteiger partial charge in [0.1, 0.15) is 5.69 Å². The Kier molecular flexibility index (Phi) is 4.35. The molecule has 0 saturated carbocycles. The zero-order valence-corrected chi connectivity index (χ0v) is 13.4. The van der Waals surface area contributed by atoms with Gasteiger partial charge in [0.2, 0.25) is 5.88 Å². The van der Waals surface area contributed by atoms with Gasteiger partial charge in [0.25, 0.3) is 0 Å². The van der Waals surface area contributed by atoms with Crippen LogP contribution in [0.2, 0.25) is 0 Å². The Balaban J connectivity index is 2.02. The molecule has 0 unspecified atom stereocenters. The number of benzene rings is 1.